The van der Waals surface area contributed by atoms with E-state index in [0.717, 1.165) is 17.5 Å². The van der Waals surface area contributed by atoms with Gasteiger partial charge in [-0.3, -0.25) is 4.68 Å². The molecule has 1 aromatic carbocycles. The Balaban J connectivity index is 1.73. The molecule has 0 saturated heterocycles. The quantitative estimate of drug-likeness (QED) is 0.507. The van der Waals surface area contributed by atoms with Gasteiger partial charge in [0.2, 0.25) is 0 Å². The predicted octanol–water partition coefficient (Wildman–Crippen LogP) is 5.70. The number of aromatic nitrogens is 2. The number of aliphatic imine (C=N–C) groups is 1. The molecule has 2 fully saturated rings. The van der Waals surface area contributed by atoms with Crippen molar-refractivity contribution in [2.45, 2.75) is 38.0 Å². The summed E-state index contributed by atoms with van der Waals surface area (Å²) in [5.74, 6) is 2.16. The van der Waals surface area contributed by atoms with Crippen molar-refractivity contribution in [2.24, 2.45) is 23.9 Å². The molecule has 26 heavy (non-hydrogen) atoms. The zero-order chi connectivity index (χ0) is 18.3. The van der Waals surface area contributed by atoms with E-state index < -0.39 is 6.43 Å². The largest absolute Gasteiger partial charge is 0.282 e. The van der Waals surface area contributed by atoms with Gasteiger partial charge >= 0.3 is 0 Å². The van der Waals surface area contributed by atoms with Crippen LogP contribution in [0.2, 0.25) is 0 Å². The molecule has 0 radical (unpaired) electrons. The Morgan fingerprint density at radius 1 is 1.27 bits per heavy atom. The van der Waals surface area contributed by atoms with Gasteiger partial charge in [0, 0.05) is 13.2 Å². The summed E-state index contributed by atoms with van der Waals surface area (Å²) < 4.78 is 28.2. The van der Waals surface area contributed by atoms with Gasteiger partial charge in [-0.15, -0.1) is 11.8 Å². The van der Waals surface area contributed by atoms with Crippen molar-refractivity contribution in [3.8, 4) is 0 Å². The van der Waals surface area contributed by atoms with Gasteiger partial charge in [0.15, 0.2) is 0 Å². The van der Waals surface area contributed by atoms with E-state index in [2.05, 4.69) is 17.2 Å². The molecule has 3 atom stereocenters. The van der Waals surface area contributed by atoms with Crippen LogP contribution in [0, 0.1) is 11.8 Å². The first-order chi connectivity index (χ1) is 12.6. The van der Waals surface area contributed by atoms with Gasteiger partial charge in [0.25, 0.3) is 6.43 Å². The highest BCUT2D eigenvalue weighted by molar-refractivity contribution is 8.13. The van der Waals surface area contributed by atoms with E-state index in [1.807, 2.05) is 18.4 Å². The Morgan fingerprint density at radius 2 is 2.08 bits per heavy atom. The van der Waals surface area contributed by atoms with Crippen LogP contribution in [0.4, 0.5) is 14.5 Å². The molecule has 2 aliphatic carbocycles. The van der Waals surface area contributed by atoms with E-state index in [4.69, 9.17) is 4.99 Å². The third kappa shape index (κ3) is 3.20. The summed E-state index contributed by atoms with van der Waals surface area (Å²) in [5, 5.41) is 4.53. The van der Waals surface area contributed by atoms with Crippen LogP contribution in [0.15, 0.2) is 35.5 Å². The van der Waals surface area contributed by atoms with E-state index in [0.29, 0.717) is 16.5 Å². The third-order valence-electron chi connectivity index (χ3n) is 5.78. The minimum Gasteiger partial charge on any atom is -0.275 e. The van der Waals surface area contributed by atoms with E-state index in [1.54, 1.807) is 13.2 Å². The van der Waals surface area contributed by atoms with Crippen LogP contribution in [0.3, 0.4) is 0 Å². The molecular formula is C20H23F2N3S. The average molecular weight is 375 g/mol. The number of thioether (sulfide) groups is 1. The van der Waals surface area contributed by atoms with E-state index in [-0.39, 0.29) is 5.69 Å². The van der Waals surface area contributed by atoms with E-state index >= 15 is 0 Å². The molecule has 3 nitrogen and oxygen atoms in total. The van der Waals surface area contributed by atoms with Crippen molar-refractivity contribution < 1.29 is 8.78 Å². The lowest BCUT2D eigenvalue weighted by molar-refractivity contribution is 0.145. The second kappa shape index (κ2) is 7.14. The van der Waals surface area contributed by atoms with Crippen LogP contribution in [-0.4, -0.2) is 21.1 Å². The van der Waals surface area contributed by atoms with Gasteiger partial charge in [-0.1, -0.05) is 24.6 Å². The van der Waals surface area contributed by atoms with Gasteiger partial charge in [0.05, 0.1) is 11.3 Å². The first kappa shape index (κ1) is 17.7. The monoisotopic (exact) mass is 375 g/mol. The fraction of sp³-hybridized carbons (Fsp3) is 0.500. The van der Waals surface area contributed by atoms with E-state index in [9.17, 15) is 8.78 Å². The second-order valence-electron chi connectivity index (χ2n) is 7.36. The lowest BCUT2D eigenvalue weighted by Gasteiger charge is -2.23. The number of halogens is 2. The highest BCUT2D eigenvalue weighted by Gasteiger charge is 2.40. The molecule has 3 unspecified atom stereocenters. The van der Waals surface area contributed by atoms with Crippen LogP contribution >= 0.6 is 11.8 Å². The maximum absolute atomic E-state index is 13.4. The van der Waals surface area contributed by atoms with Crippen LogP contribution in [0.25, 0.3) is 0 Å². The van der Waals surface area contributed by atoms with Crippen molar-refractivity contribution in [2.75, 3.05) is 6.26 Å². The molecule has 0 amide bonds. The summed E-state index contributed by atoms with van der Waals surface area (Å²) in [4.78, 5) is 4.82. The molecule has 0 spiro atoms. The Morgan fingerprint density at radius 3 is 2.73 bits per heavy atom. The minimum atomic E-state index is -2.61. The fourth-order valence-electron chi connectivity index (χ4n) is 4.69. The van der Waals surface area contributed by atoms with Gasteiger partial charge in [-0.2, -0.15) is 5.10 Å². The summed E-state index contributed by atoms with van der Waals surface area (Å²) in [6.07, 6.45) is 6.14. The Labute approximate surface area is 156 Å². The summed E-state index contributed by atoms with van der Waals surface area (Å²) in [7, 11) is 1.66. The molecule has 2 aromatic rings. The van der Waals surface area contributed by atoms with Crippen LogP contribution in [-0.2, 0) is 7.05 Å². The average Bonchev–Trinajstić information content (AvgIpc) is 3.35. The Bertz CT molecular complexity index is 830. The standard InChI is InChI=1S/C20H23F2N3S/c1-25-11-16(18(24-25)19(21)22)20(26-2)23-17-6-4-3-5-14(17)15-10-12-7-8-13(15)9-12/h3-6,11-13,15,19H,7-10H2,1-2H3. The Kier molecular flexibility index (Phi) is 4.86. The third-order valence-corrected chi connectivity index (χ3v) is 6.48. The van der Waals surface area contributed by atoms with Gasteiger partial charge in [0.1, 0.15) is 10.7 Å². The van der Waals surface area contributed by atoms with Gasteiger partial charge < -0.3 is 0 Å². The molecule has 1 aromatic heterocycles. The number of aryl methyl sites for hydroxylation is 1. The number of fused-ring (bicyclic) bond motifs is 2. The van der Waals surface area contributed by atoms with Crippen LogP contribution in [0.5, 0.6) is 0 Å². The lowest BCUT2D eigenvalue weighted by Crippen LogP contribution is -2.09. The van der Waals surface area contributed by atoms with Crippen molar-refractivity contribution >= 4 is 22.5 Å². The van der Waals surface area contributed by atoms with Gasteiger partial charge in [-0.05, 0) is 54.9 Å². The molecule has 2 aliphatic rings. The van der Waals surface area contributed by atoms with Crippen molar-refractivity contribution in [1.82, 2.24) is 9.78 Å². The Hall–Kier alpha value is -1.69. The molecule has 2 saturated carbocycles. The second-order valence-corrected chi connectivity index (χ2v) is 8.16. The topological polar surface area (TPSA) is 30.2 Å². The van der Waals surface area contributed by atoms with Crippen molar-refractivity contribution in [3.05, 3.63) is 47.3 Å². The van der Waals surface area contributed by atoms with Crippen molar-refractivity contribution in [3.63, 3.8) is 0 Å². The van der Waals surface area contributed by atoms with Crippen LogP contribution < -0.4 is 0 Å². The maximum Gasteiger partial charge on any atom is 0.282 e. The number of alkyl halides is 2. The minimum absolute atomic E-state index is 0.196. The van der Waals surface area contributed by atoms with E-state index in [1.165, 1.54) is 47.7 Å². The number of rotatable bonds is 4. The maximum atomic E-state index is 13.4. The lowest BCUT2D eigenvalue weighted by atomic mass is 9.83. The molecule has 0 aliphatic heterocycles. The predicted molar refractivity (Wildman–Crippen MR) is 103 cm³/mol. The molecule has 138 valence electrons. The smallest absolute Gasteiger partial charge is 0.275 e. The molecule has 1 heterocycles. The summed E-state index contributed by atoms with van der Waals surface area (Å²) in [6, 6.07) is 8.22. The zero-order valence-electron chi connectivity index (χ0n) is 15.0. The first-order valence-electron chi connectivity index (χ1n) is 9.10. The van der Waals surface area contributed by atoms with Crippen LogP contribution in [0.1, 0.15) is 54.8 Å². The number of hydrogen-bond donors (Lipinski definition) is 0. The highest BCUT2D eigenvalue weighted by Crippen LogP contribution is 2.54. The highest BCUT2D eigenvalue weighted by atomic mass is 32.2. The molecular weight excluding hydrogens is 352 g/mol. The SMILES string of the molecule is CSC(=Nc1ccccc1C1CC2CCC1C2)c1cn(C)nc1C(F)F. The normalized spacial score (nSPS) is 25.4. The number of benzene rings is 1. The number of para-hydroxylation sites is 1. The molecule has 2 bridgehead atoms. The summed E-state index contributed by atoms with van der Waals surface area (Å²) in [6.45, 7) is 0. The number of hydrogen-bond acceptors (Lipinski definition) is 3. The molecule has 4 rings (SSSR count). The number of nitrogens with zero attached hydrogens (tertiary/aromatic N) is 3. The summed E-state index contributed by atoms with van der Waals surface area (Å²) in [5.41, 5.74) is 2.42. The summed E-state index contributed by atoms with van der Waals surface area (Å²) >= 11 is 1.39. The fourth-order valence-corrected chi connectivity index (χ4v) is 5.25. The first-order valence-corrected chi connectivity index (χ1v) is 10.3. The molecule has 6 heteroatoms. The zero-order valence-corrected chi connectivity index (χ0v) is 15.8. The molecule has 0 N–H and O–H groups in total. The van der Waals surface area contributed by atoms with Crippen molar-refractivity contribution in [1.29, 1.82) is 0 Å². The van der Waals surface area contributed by atoms with Gasteiger partial charge in [-0.25, -0.2) is 13.8 Å².